The molecule has 4 heteroatoms. The number of hydrogen-bond donors (Lipinski definition) is 1. The standard InChI is InChI=1S/C8H16O3S/c1-3-4-5-10-7(2)11-8(9)6-12/h7,12H,3-6H2,1-2H3. The van der Waals surface area contributed by atoms with Crippen LogP contribution < -0.4 is 0 Å². The molecule has 1 unspecified atom stereocenters. The van der Waals surface area contributed by atoms with Crippen LogP contribution in [0.5, 0.6) is 0 Å². The summed E-state index contributed by atoms with van der Waals surface area (Å²) in [6.07, 6.45) is 1.62. The van der Waals surface area contributed by atoms with Gasteiger partial charge in [0.1, 0.15) is 0 Å². The van der Waals surface area contributed by atoms with Crippen LogP contribution in [0.1, 0.15) is 26.7 Å². The maximum atomic E-state index is 10.7. The van der Waals surface area contributed by atoms with E-state index in [0.717, 1.165) is 12.8 Å². The van der Waals surface area contributed by atoms with Gasteiger partial charge in [-0.2, -0.15) is 12.6 Å². The predicted molar refractivity (Wildman–Crippen MR) is 50.3 cm³/mol. The van der Waals surface area contributed by atoms with E-state index in [4.69, 9.17) is 9.47 Å². The van der Waals surface area contributed by atoms with E-state index in [1.54, 1.807) is 6.92 Å². The summed E-state index contributed by atoms with van der Waals surface area (Å²) in [7, 11) is 0. The molecular formula is C8H16O3S. The lowest BCUT2D eigenvalue weighted by Gasteiger charge is -2.12. The van der Waals surface area contributed by atoms with Crippen molar-refractivity contribution in [2.45, 2.75) is 33.0 Å². The third-order valence-electron chi connectivity index (χ3n) is 1.28. The lowest BCUT2D eigenvalue weighted by atomic mass is 10.4. The van der Waals surface area contributed by atoms with Crippen molar-refractivity contribution in [1.82, 2.24) is 0 Å². The van der Waals surface area contributed by atoms with E-state index in [2.05, 4.69) is 19.6 Å². The van der Waals surface area contributed by atoms with Crippen LogP contribution in [-0.2, 0) is 14.3 Å². The van der Waals surface area contributed by atoms with Crippen LogP contribution in [0.15, 0.2) is 0 Å². The van der Waals surface area contributed by atoms with Crippen molar-refractivity contribution in [3.05, 3.63) is 0 Å². The van der Waals surface area contributed by atoms with Crippen molar-refractivity contribution in [2.24, 2.45) is 0 Å². The number of carbonyl (C=O) groups is 1. The van der Waals surface area contributed by atoms with Crippen LogP contribution in [0.3, 0.4) is 0 Å². The molecule has 0 radical (unpaired) electrons. The highest BCUT2D eigenvalue weighted by Crippen LogP contribution is 1.97. The molecule has 1 atom stereocenters. The maximum Gasteiger partial charge on any atom is 0.317 e. The molecule has 0 aromatic carbocycles. The molecule has 3 nitrogen and oxygen atoms in total. The second kappa shape index (κ2) is 7.43. The molecular weight excluding hydrogens is 176 g/mol. The Kier molecular flexibility index (Phi) is 7.29. The Morgan fingerprint density at radius 3 is 2.75 bits per heavy atom. The van der Waals surface area contributed by atoms with Gasteiger partial charge in [0.05, 0.1) is 12.4 Å². The molecule has 0 fully saturated rings. The maximum absolute atomic E-state index is 10.7. The Labute approximate surface area is 78.8 Å². The molecule has 0 aromatic rings. The highest BCUT2D eigenvalue weighted by Gasteiger charge is 2.06. The van der Waals surface area contributed by atoms with Crippen LogP contribution >= 0.6 is 12.6 Å². The van der Waals surface area contributed by atoms with Crippen molar-refractivity contribution < 1.29 is 14.3 Å². The molecule has 0 aromatic heterocycles. The SMILES string of the molecule is CCCCOC(C)OC(=O)CS. The molecule has 0 rings (SSSR count). The molecule has 12 heavy (non-hydrogen) atoms. The Balaban J connectivity index is 3.32. The summed E-state index contributed by atoms with van der Waals surface area (Å²) in [5, 5.41) is 0. The zero-order valence-corrected chi connectivity index (χ0v) is 8.47. The highest BCUT2D eigenvalue weighted by atomic mass is 32.1. The molecule has 0 aliphatic heterocycles. The molecule has 0 aliphatic carbocycles. The fraction of sp³-hybridized carbons (Fsp3) is 0.875. The number of ether oxygens (including phenoxy) is 2. The average Bonchev–Trinajstić information content (AvgIpc) is 2.05. The third-order valence-corrected chi connectivity index (χ3v) is 1.54. The number of esters is 1. The van der Waals surface area contributed by atoms with Gasteiger partial charge in [0.15, 0.2) is 6.29 Å². The van der Waals surface area contributed by atoms with E-state index in [9.17, 15) is 4.79 Å². The van der Waals surface area contributed by atoms with Gasteiger partial charge in [-0.1, -0.05) is 13.3 Å². The van der Waals surface area contributed by atoms with Gasteiger partial charge in [-0.25, -0.2) is 0 Å². The fourth-order valence-electron chi connectivity index (χ4n) is 0.650. The number of thiol groups is 1. The van der Waals surface area contributed by atoms with E-state index >= 15 is 0 Å². The van der Waals surface area contributed by atoms with Crippen LogP contribution in [0, 0.1) is 0 Å². The van der Waals surface area contributed by atoms with Gasteiger partial charge in [-0.05, 0) is 13.3 Å². The molecule has 0 saturated carbocycles. The minimum absolute atomic E-state index is 0.0987. The molecule has 0 heterocycles. The van der Waals surface area contributed by atoms with Crippen LogP contribution in [0.25, 0.3) is 0 Å². The second-order valence-corrected chi connectivity index (χ2v) is 2.76. The van der Waals surface area contributed by atoms with Gasteiger partial charge >= 0.3 is 5.97 Å². The van der Waals surface area contributed by atoms with Gasteiger partial charge in [0.2, 0.25) is 0 Å². The first kappa shape index (κ1) is 11.8. The largest absolute Gasteiger partial charge is 0.435 e. The number of hydrogen-bond acceptors (Lipinski definition) is 4. The predicted octanol–water partition coefficient (Wildman–Crippen LogP) is 1.62. The number of carbonyl (C=O) groups excluding carboxylic acids is 1. The third kappa shape index (κ3) is 6.49. The minimum Gasteiger partial charge on any atom is -0.435 e. The van der Waals surface area contributed by atoms with Crippen molar-refractivity contribution >= 4 is 18.6 Å². The Morgan fingerprint density at radius 1 is 1.58 bits per heavy atom. The average molecular weight is 192 g/mol. The summed E-state index contributed by atoms with van der Waals surface area (Å²) >= 11 is 3.77. The summed E-state index contributed by atoms with van der Waals surface area (Å²) in [4.78, 5) is 10.7. The lowest BCUT2D eigenvalue weighted by Crippen LogP contribution is -2.19. The molecule has 72 valence electrons. The van der Waals surface area contributed by atoms with E-state index < -0.39 is 6.29 Å². The zero-order chi connectivity index (χ0) is 9.40. The summed E-state index contributed by atoms with van der Waals surface area (Å²) in [5.74, 6) is -0.246. The van der Waals surface area contributed by atoms with E-state index in [0.29, 0.717) is 6.61 Å². The first-order valence-corrected chi connectivity index (χ1v) is 4.76. The molecule has 0 spiro atoms. The zero-order valence-electron chi connectivity index (χ0n) is 7.58. The summed E-state index contributed by atoms with van der Waals surface area (Å²) < 4.78 is 9.99. The molecule has 0 N–H and O–H groups in total. The summed E-state index contributed by atoms with van der Waals surface area (Å²) in [5.41, 5.74) is 0. The Bertz CT molecular complexity index is 127. The second-order valence-electron chi connectivity index (χ2n) is 2.44. The smallest absolute Gasteiger partial charge is 0.317 e. The fourth-order valence-corrected chi connectivity index (χ4v) is 0.725. The monoisotopic (exact) mass is 192 g/mol. The molecule has 0 aliphatic rings. The van der Waals surface area contributed by atoms with E-state index in [1.807, 2.05) is 0 Å². The first-order chi connectivity index (χ1) is 5.70. The molecule has 0 bridgehead atoms. The van der Waals surface area contributed by atoms with Gasteiger partial charge < -0.3 is 9.47 Å². The minimum atomic E-state index is -0.448. The van der Waals surface area contributed by atoms with Crippen LogP contribution in [0.4, 0.5) is 0 Å². The summed E-state index contributed by atoms with van der Waals surface area (Å²) in [6, 6.07) is 0. The quantitative estimate of drug-likeness (QED) is 0.301. The highest BCUT2D eigenvalue weighted by molar-refractivity contribution is 7.81. The van der Waals surface area contributed by atoms with Crippen molar-refractivity contribution in [3.63, 3.8) is 0 Å². The topological polar surface area (TPSA) is 35.5 Å². The van der Waals surface area contributed by atoms with Gasteiger partial charge in [0, 0.05) is 0 Å². The molecule has 0 amide bonds. The van der Waals surface area contributed by atoms with Crippen LogP contribution in [-0.4, -0.2) is 24.6 Å². The van der Waals surface area contributed by atoms with Crippen molar-refractivity contribution in [1.29, 1.82) is 0 Å². The normalized spacial score (nSPS) is 12.6. The molecule has 0 saturated heterocycles. The lowest BCUT2D eigenvalue weighted by molar-refractivity contribution is -0.171. The van der Waals surface area contributed by atoms with Crippen molar-refractivity contribution in [3.8, 4) is 0 Å². The van der Waals surface area contributed by atoms with Crippen molar-refractivity contribution in [2.75, 3.05) is 12.4 Å². The van der Waals surface area contributed by atoms with Gasteiger partial charge in [0.25, 0.3) is 0 Å². The number of rotatable bonds is 6. The number of unbranched alkanes of at least 4 members (excludes halogenated alkanes) is 1. The Morgan fingerprint density at radius 2 is 2.25 bits per heavy atom. The Hall–Kier alpha value is -0.220. The summed E-state index contributed by atoms with van der Waals surface area (Å²) in [6.45, 7) is 4.42. The van der Waals surface area contributed by atoms with E-state index in [-0.39, 0.29) is 11.7 Å². The van der Waals surface area contributed by atoms with E-state index in [1.165, 1.54) is 0 Å². The van der Waals surface area contributed by atoms with Gasteiger partial charge in [-0.3, -0.25) is 4.79 Å². The van der Waals surface area contributed by atoms with Crippen LogP contribution in [0.2, 0.25) is 0 Å². The van der Waals surface area contributed by atoms with Gasteiger partial charge in [-0.15, -0.1) is 0 Å². The first-order valence-electron chi connectivity index (χ1n) is 4.12.